The van der Waals surface area contributed by atoms with Crippen molar-refractivity contribution in [1.82, 2.24) is 9.97 Å². The second-order valence-electron chi connectivity index (χ2n) is 17.0. The number of para-hydroxylation sites is 3. The molecule has 60 heavy (non-hydrogen) atoms. The van der Waals surface area contributed by atoms with E-state index in [1.54, 1.807) is 0 Å². The largest absolute Gasteiger partial charge is 0.457 e. The van der Waals surface area contributed by atoms with Crippen molar-refractivity contribution in [3.8, 4) is 44.9 Å². The average molecular weight is 782 g/mol. The van der Waals surface area contributed by atoms with E-state index in [0.29, 0.717) is 6.67 Å². The van der Waals surface area contributed by atoms with Gasteiger partial charge in [-0.1, -0.05) is 99.1 Å². The number of nitrogens with zero attached hydrogens (tertiary/aromatic N) is 5. The van der Waals surface area contributed by atoms with Gasteiger partial charge in [-0.3, -0.25) is 4.90 Å². The highest BCUT2D eigenvalue weighted by molar-refractivity contribution is 6.02. The van der Waals surface area contributed by atoms with Gasteiger partial charge < -0.3 is 14.5 Å². The summed E-state index contributed by atoms with van der Waals surface area (Å²) in [5, 5.41) is 0. The number of hydrogen-bond acceptors (Lipinski definition) is 6. The summed E-state index contributed by atoms with van der Waals surface area (Å²) in [6, 6.07) is 53.8. The first-order valence-corrected chi connectivity index (χ1v) is 20.7. The lowest BCUT2D eigenvalue weighted by Crippen LogP contribution is -2.24. The van der Waals surface area contributed by atoms with Gasteiger partial charge in [0.1, 0.15) is 29.8 Å². The molecule has 0 spiro atoms. The van der Waals surface area contributed by atoms with Crippen molar-refractivity contribution in [3.05, 3.63) is 186 Å². The van der Waals surface area contributed by atoms with Crippen LogP contribution in [-0.2, 0) is 5.41 Å². The van der Waals surface area contributed by atoms with E-state index in [9.17, 15) is 0 Å². The average Bonchev–Trinajstić information content (AvgIpc) is 3.58. The molecule has 0 saturated carbocycles. The summed E-state index contributed by atoms with van der Waals surface area (Å²) < 4.78 is 6.81. The lowest BCUT2D eigenvalue weighted by Gasteiger charge is -2.28. The summed E-state index contributed by atoms with van der Waals surface area (Å²) in [5.41, 5.74) is 17.4. The predicted octanol–water partition coefficient (Wildman–Crippen LogP) is 14.5. The molecule has 2 aromatic heterocycles. The van der Waals surface area contributed by atoms with Crippen LogP contribution < -0.4 is 19.4 Å². The maximum atomic E-state index is 6.81. The van der Waals surface area contributed by atoms with Crippen molar-refractivity contribution >= 4 is 40.1 Å². The second kappa shape index (κ2) is 14.6. The molecule has 0 bridgehead atoms. The Bertz CT molecular complexity index is 2910. The highest BCUT2D eigenvalue weighted by Gasteiger charge is 2.30. The maximum Gasteiger partial charge on any atom is 0.137 e. The second-order valence-corrected chi connectivity index (χ2v) is 17.0. The molecule has 4 heterocycles. The first-order valence-electron chi connectivity index (χ1n) is 20.7. The van der Waals surface area contributed by atoms with Gasteiger partial charge in [0.05, 0.1) is 22.7 Å². The van der Waals surface area contributed by atoms with Crippen molar-refractivity contribution in [2.75, 3.05) is 21.4 Å². The van der Waals surface area contributed by atoms with Crippen LogP contribution in [-0.4, -0.2) is 16.6 Å². The Morgan fingerprint density at radius 1 is 0.517 bits per heavy atom. The summed E-state index contributed by atoms with van der Waals surface area (Å²) in [6.07, 6.45) is 3.94. The smallest absolute Gasteiger partial charge is 0.137 e. The normalized spacial score (nSPS) is 13.0. The Morgan fingerprint density at radius 3 is 1.87 bits per heavy atom. The van der Waals surface area contributed by atoms with Gasteiger partial charge in [-0.25, -0.2) is 9.97 Å². The van der Waals surface area contributed by atoms with Crippen molar-refractivity contribution in [3.63, 3.8) is 0 Å². The molecule has 0 N–H and O–H groups in total. The van der Waals surface area contributed by atoms with Crippen LogP contribution in [0.5, 0.6) is 11.5 Å². The monoisotopic (exact) mass is 781 g/mol. The molecule has 6 aromatic carbocycles. The van der Waals surface area contributed by atoms with Gasteiger partial charge >= 0.3 is 0 Å². The molecule has 10 rings (SSSR count). The lowest BCUT2D eigenvalue weighted by molar-refractivity contribution is 0.483. The summed E-state index contributed by atoms with van der Waals surface area (Å²) in [7, 11) is 0. The van der Waals surface area contributed by atoms with E-state index >= 15 is 0 Å². The maximum absolute atomic E-state index is 6.81. The molecule has 0 saturated heterocycles. The van der Waals surface area contributed by atoms with Crippen molar-refractivity contribution in [2.24, 2.45) is 0 Å². The number of aromatic nitrogens is 2. The standard InChI is InChI=1S/C54H47N5O/c1-35-28-36(2)53(37(3)29-35)38-22-25-51(56-33-38)58-34-57(48-20-11-12-21-49(48)58)40-14-13-15-41(31-40)60-42-23-24-46-44-17-8-7-16-43(44)45-18-9-10-19-47(45)59(50(46)32-42)52-30-39(26-27-55-52)54(4,5)6/h7-33H,34H2,1-6H3. The Kier molecular flexibility index (Phi) is 9.02. The summed E-state index contributed by atoms with van der Waals surface area (Å²) >= 11 is 0. The minimum atomic E-state index is -0.0427. The Morgan fingerprint density at radius 2 is 1.17 bits per heavy atom. The van der Waals surface area contributed by atoms with Crippen LogP contribution in [0.4, 0.5) is 40.1 Å². The zero-order chi connectivity index (χ0) is 41.1. The molecule has 8 aromatic rings. The van der Waals surface area contributed by atoms with Crippen LogP contribution in [0.2, 0.25) is 0 Å². The van der Waals surface area contributed by atoms with Crippen LogP contribution in [0.15, 0.2) is 164 Å². The fourth-order valence-corrected chi connectivity index (χ4v) is 9.03. The van der Waals surface area contributed by atoms with E-state index in [2.05, 4.69) is 202 Å². The number of rotatable bonds is 6. The van der Waals surface area contributed by atoms with E-state index in [1.165, 1.54) is 38.9 Å². The zero-order valence-electron chi connectivity index (χ0n) is 34.9. The minimum Gasteiger partial charge on any atom is -0.457 e. The molecule has 294 valence electrons. The fraction of sp³-hybridized carbons (Fsp3) is 0.148. The van der Waals surface area contributed by atoms with Gasteiger partial charge in [-0.15, -0.1) is 0 Å². The Balaban J connectivity index is 0.995. The quantitative estimate of drug-likeness (QED) is 0.167. The highest BCUT2D eigenvalue weighted by atomic mass is 16.5. The van der Waals surface area contributed by atoms with E-state index in [0.717, 1.165) is 68.3 Å². The van der Waals surface area contributed by atoms with Crippen LogP contribution in [0.3, 0.4) is 0 Å². The summed E-state index contributed by atoms with van der Waals surface area (Å²) in [4.78, 5) is 16.9. The summed E-state index contributed by atoms with van der Waals surface area (Å²) in [5.74, 6) is 3.27. The van der Waals surface area contributed by atoms with E-state index in [1.807, 2.05) is 18.5 Å². The number of fused-ring (bicyclic) bond motifs is 6. The lowest BCUT2D eigenvalue weighted by atomic mass is 9.87. The highest BCUT2D eigenvalue weighted by Crippen LogP contribution is 2.52. The number of aryl methyl sites for hydroxylation is 3. The topological polar surface area (TPSA) is 44.7 Å². The Hall–Kier alpha value is -7.18. The van der Waals surface area contributed by atoms with E-state index in [4.69, 9.17) is 14.7 Å². The van der Waals surface area contributed by atoms with Gasteiger partial charge in [0.2, 0.25) is 0 Å². The van der Waals surface area contributed by atoms with Gasteiger partial charge in [-0.05, 0) is 126 Å². The van der Waals surface area contributed by atoms with Crippen molar-refractivity contribution in [1.29, 1.82) is 0 Å². The SMILES string of the molecule is Cc1cc(C)c(-c2ccc(N3CN(c4cccc(Oc5ccc6c(c5)N(c5cc(C(C)(C)C)ccn5)c5ccccc5-c5ccccc5-6)c4)c4ccccc43)nc2)c(C)c1. The Labute approximate surface area is 353 Å². The molecule has 0 amide bonds. The molecule has 0 fully saturated rings. The van der Waals surface area contributed by atoms with Crippen molar-refractivity contribution in [2.45, 2.75) is 47.0 Å². The van der Waals surface area contributed by atoms with Crippen molar-refractivity contribution < 1.29 is 4.74 Å². The van der Waals surface area contributed by atoms with Crippen LogP contribution >= 0.6 is 0 Å². The van der Waals surface area contributed by atoms with Gasteiger partial charge in [0.15, 0.2) is 0 Å². The number of anilines is 7. The molecule has 0 aliphatic carbocycles. The molecule has 2 aliphatic heterocycles. The number of pyridine rings is 2. The predicted molar refractivity (Wildman–Crippen MR) is 248 cm³/mol. The zero-order valence-corrected chi connectivity index (χ0v) is 34.9. The third-order valence-corrected chi connectivity index (χ3v) is 11.8. The molecule has 6 nitrogen and oxygen atoms in total. The molecular weight excluding hydrogens is 735 g/mol. The number of hydrogen-bond donors (Lipinski definition) is 0. The van der Waals surface area contributed by atoms with Gasteiger partial charge in [0.25, 0.3) is 0 Å². The molecular formula is C54H47N5O. The van der Waals surface area contributed by atoms with E-state index < -0.39 is 0 Å². The minimum absolute atomic E-state index is 0.0427. The van der Waals surface area contributed by atoms with Gasteiger partial charge in [0, 0.05) is 46.9 Å². The molecule has 6 heteroatoms. The number of benzene rings is 6. The van der Waals surface area contributed by atoms with Crippen LogP contribution in [0, 0.1) is 20.8 Å². The van der Waals surface area contributed by atoms with Crippen LogP contribution in [0.25, 0.3) is 33.4 Å². The molecule has 0 unspecified atom stereocenters. The first kappa shape index (κ1) is 37.1. The summed E-state index contributed by atoms with van der Waals surface area (Å²) in [6.45, 7) is 13.9. The van der Waals surface area contributed by atoms with E-state index in [-0.39, 0.29) is 5.41 Å². The molecule has 0 atom stereocenters. The first-order chi connectivity index (χ1) is 29.1. The molecule has 2 aliphatic rings. The molecule has 0 radical (unpaired) electrons. The fourth-order valence-electron chi connectivity index (χ4n) is 9.03. The number of ether oxygens (including phenoxy) is 1. The van der Waals surface area contributed by atoms with Gasteiger partial charge in [-0.2, -0.15) is 0 Å². The third-order valence-electron chi connectivity index (χ3n) is 11.8. The van der Waals surface area contributed by atoms with Crippen LogP contribution in [0.1, 0.15) is 43.0 Å². The third kappa shape index (κ3) is 6.55.